The molecule has 0 amide bonds. The third kappa shape index (κ3) is 2.91. The predicted octanol–water partition coefficient (Wildman–Crippen LogP) is 3.20. The lowest BCUT2D eigenvalue weighted by Gasteiger charge is -2.06. The molecule has 2 nitrogen and oxygen atoms in total. The van der Waals surface area contributed by atoms with Crippen LogP contribution in [0, 0.1) is 0 Å². The van der Waals surface area contributed by atoms with E-state index in [1.807, 2.05) is 0 Å². The molecule has 0 atom stereocenters. The summed E-state index contributed by atoms with van der Waals surface area (Å²) in [6, 6.07) is 4.47. The van der Waals surface area contributed by atoms with Gasteiger partial charge in [-0.15, -0.1) is 0 Å². The van der Waals surface area contributed by atoms with Gasteiger partial charge in [-0.25, -0.2) is 5.26 Å². The van der Waals surface area contributed by atoms with Crippen molar-refractivity contribution in [3.63, 3.8) is 0 Å². The Morgan fingerprint density at radius 2 is 2.00 bits per heavy atom. The van der Waals surface area contributed by atoms with Crippen molar-refractivity contribution < 1.29 is 22.8 Å². The van der Waals surface area contributed by atoms with E-state index >= 15 is 0 Å². The van der Waals surface area contributed by atoms with Crippen molar-refractivity contribution in [2.75, 3.05) is 0 Å². The lowest BCUT2D eigenvalue weighted by atomic mass is 10.2. The van der Waals surface area contributed by atoms with Crippen molar-refractivity contribution in [2.24, 2.45) is 0 Å². The number of halogens is 3. The van der Waals surface area contributed by atoms with E-state index in [-0.39, 0.29) is 4.90 Å². The fourth-order valence-electron chi connectivity index (χ4n) is 0.767. The van der Waals surface area contributed by atoms with Crippen LogP contribution in [0.5, 0.6) is 0 Å². The van der Waals surface area contributed by atoms with Gasteiger partial charge in [0.2, 0.25) is 0 Å². The van der Waals surface area contributed by atoms with Gasteiger partial charge in [0.05, 0.1) is 17.6 Å². The van der Waals surface area contributed by atoms with Crippen molar-refractivity contribution in [3.05, 3.63) is 29.8 Å². The summed E-state index contributed by atoms with van der Waals surface area (Å²) in [5.74, 6) is 0. The van der Waals surface area contributed by atoms with E-state index in [0.29, 0.717) is 12.0 Å². The first kappa shape index (κ1) is 10.4. The van der Waals surface area contributed by atoms with Gasteiger partial charge in [-0.1, -0.05) is 6.07 Å². The highest BCUT2D eigenvalue weighted by molar-refractivity contribution is 7.94. The summed E-state index contributed by atoms with van der Waals surface area (Å²) >= 11 is 0.461. The zero-order chi connectivity index (χ0) is 9.90. The van der Waals surface area contributed by atoms with Gasteiger partial charge < -0.3 is 0 Å². The van der Waals surface area contributed by atoms with E-state index in [4.69, 9.17) is 5.26 Å². The Bertz CT molecular complexity index is 287. The van der Waals surface area contributed by atoms with Crippen LogP contribution >= 0.6 is 12.0 Å². The van der Waals surface area contributed by atoms with Gasteiger partial charge >= 0.3 is 6.18 Å². The molecule has 0 aliphatic heterocycles. The average Bonchev–Trinajstić information content (AvgIpc) is 2.04. The highest BCUT2D eigenvalue weighted by Crippen LogP contribution is 2.31. The van der Waals surface area contributed by atoms with E-state index < -0.39 is 11.7 Å². The molecule has 0 aliphatic rings. The van der Waals surface area contributed by atoms with Crippen LogP contribution in [0.2, 0.25) is 0 Å². The lowest BCUT2D eigenvalue weighted by molar-refractivity contribution is -0.137. The van der Waals surface area contributed by atoms with Gasteiger partial charge in [0.15, 0.2) is 0 Å². The first-order valence-corrected chi connectivity index (χ1v) is 3.93. The van der Waals surface area contributed by atoms with E-state index in [9.17, 15) is 13.2 Å². The molecule has 0 aromatic heterocycles. The highest BCUT2D eigenvalue weighted by atomic mass is 32.2. The van der Waals surface area contributed by atoms with Crippen LogP contribution in [0.25, 0.3) is 0 Å². The molecule has 13 heavy (non-hydrogen) atoms. The van der Waals surface area contributed by atoms with Crippen molar-refractivity contribution in [2.45, 2.75) is 11.1 Å². The zero-order valence-electron chi connectivity index (χ0n) is 6.21. The Kier molecular flexibility index (Phi) is 3.18. The zero-order valence-corrected chi connectivity index (χ0v) is 7.02. The highest BCUT2D eigenvalue weighted by Gasteiger charge is 2.30. The number of hydrogen-bond acceptors (Lipinski definition) is 3. The SMILES string of the molecule is OOSc1cccc(C(F)(F)F)c1. The molecule has 72 valence electrons. The molecule has 1 rings (SSSR count). The Hall–Kier alpha value is -0.720. The Morgan fingerprint density at radius 1 is 1.31 bits per heavy atom. The Morgan fingerprint density at radius 3 is 2.54 bits per heavy atom. The quantitative estimate of drug-likeness (QED) is 0.461. The summed E-state index contributed by atoms with van der Waals surface area (Å²) in [5.41, 5.74) is -0.769. The van der Waals surface area contributed by atoms with Gasteiger partial charge in [-0.3, -0.25) is 0 Å². The van der Waals surface area contributed by atoms with Crippen molar-refractivity contribution in [3.8, 4) is 0 Å². The number of rotatable bonds is 2. The van der Waals surface area contributed by atoms with Crippen molar-refractivity contribution in [1.29, 1.82) is 0 Å². The minimum atomic E-state index is -4.37. The van der Waals surface area contributed by atoms with Crippen molar-refractivity contribution in [1.82, 2.24) is 0 Å². The molecule has 1 aromatic carbocycles. The monoisotopic (exact) mass is 210 g/mol. The third-order valence-electron chi connectivity index (χ3n) is 1.29. The third-order valence-corrected chi connectivity index (χ3v) is 1.82. The average molecular weight is 210 g/mol. The second-order valence-corrected chi connectivity index (χ2v) is 2.97. The maximum absolute atomic E-state index is 12.1. The molecule has 0 fully saturated rings. The summed E-state index contributed by atoms with van der Waals surface area (Å²) in [6.45, 7) is 0. The number of alkyl halides is 3. The normalized spacial score (nSPS) is 11.7. The van der Waals surface area contributed by atoms with Crippen LogP contribution in [0.3, 0.4) is 0 Å². The smallest absolute Gasteiger partial charge is 0.239 e. The summed E-state index contributed by atoms with van der Waals surface area (Å²) in [7, 11) is 0. The maximum atomic E-state index is 12.1. The van der Waals surface area contributed by atoms with Crippen LogP contribution in [0.1, 0.15) is 5.56 Å². The molecular formula is C7H5F3O2S. The first-order chi connectivity index (χ1) is 6.04. The summed E-state index contributed by atoms with van der Waals surface area (Å²) in [4.78, 5) is 0.192. The molecule has 0 spiro atoms. The van der Waals surface area contributed by atoms with Crippen LogP contribution in [0.4, 0.5) is 13.2 Å². The molecule has 0 heterocycles. The number of hydrogen-bond donors (Lipinski definition) is 1. The van der Waals surface area contributed by atoms with E-state index in [2.05, 4.69) is 4.33 Å². The first-order valence-electron chi connectivity index (χ1n) is 3.19. The largest absolute Gasteiger partial charge is 0.416 e. The fourth-order valence-corrected chi connectivity index (χ4v) is 1.16. The van der Waals surface area contributed by atoms with Gasteiger partial charge in [0.25, 0.3) is 0 Å². The molecule has 0 unspecified atom stereocenters. The van der Waals surface area contributed by atoms with Crippen LogP contribution in [-0.4, -0.2) is 5.26 Å². The molecule has 6 heteroatoms. The summed E-state index contributed by atoms with van der Waals surface area (Å²) < 4.78 is 39.9. The fraction of sp³-hybridized carbons (Fsp3) is 0.143. The number of benzene rings is 1. The van der Waals surface area contributed by atoms with E-state index in [1.54, 1.807) is 0 Å². The summed E-state index contributed by atoms with van der Waals surface area (Å²) in [6.07, 6.45) is -4.37. The molecule has 0 bridgehead atoms. The lowest BCUT2D eigenvalue weighted by Crippen LogP contribution is -2.04. The van der Waals surface area contributed by atoms with E-state index in [0.717, 1.165) is 12.1 Å². The topological polar surface area (TPSA) is 29.5 Å². The second-order valence-electron chi connectivity index (χ2n) is 2.18. The molecule has 1 aromatic rings. The maximum Gasteiger partial charge on any atom is 0.416 e. The van der Waals surface area contributed by atoms with Gasteiger partial charge in [-0.05, 0) is 18.2 Å². The predicted molar refractivity (Wildman–Crippen MR) is 41.0 cm³/mol. The molecule has 1 N–H and O–H groups in total. The van der Waals surface area contributed by atoms with Gasteiger partial charge in [-0.2, -0.15) is 17.5 Å². The molecule has 0 radical (unpaired) electrons. The van der Waals surface area contributed by atoms with Crippen LogP contribution in [0.15, 0.2) is 29.2 Å². The molecule has 0 saturated carbocycles. The molecule has 0 saturated heterocycles. The van der Waals surface area contributed by atoms with Gasteiger partial charge in [0, 0.05) is 4.90 Å². The van der Waals surface area contributed by atoms with Crippen molar-refractivity contribution >= 4 is 12.0 Å². The molecular weight excluding hydrogens is 205 g/mol. The van der Waals surface area contributed by atoms with Crippen LogP contribution < -0.4 is 0 Å². The minimum absolute atomic E-state index is 0.192. The summed E-state index contributed by atoms with van der Waals surface area (Å²) in [5, 5.41) is 8.00. The van der Waals surface area contributed by atoms with Gasteiger partial charge in [0.1, 0.15) is 0 Å². The standard InChI is InChI=1S/C7H5F3O2S/c8-7(9,10)5-2-1-3-6(4-5)13-12-11/h1-4,11H. The Labute approximate surface area is 76.5 Å². The molecule has 0 aliphatic carbocycles. The Balaban J connectivity index is 2.92. The van der Waals surface area contributed by atoms with E-state index in [1.165, 1.54) is 12.1 Å². The van der Waals surface area contributed by atoms with Crippen LogP contribution in [-0.2, 0) is 10.5 Å². The second kappa shape index (κ2) is 3.99. The minimum Gasteiger partial charge on any atom is -0.239 e.